The van der Waals surface area contributed by atoms with Gasteiger partial charge in [-0.15, -0.1) is 0 Å². The number of unbranched alkanes of at least 4 members (excludes halogenated alkanes) is 1. The number of nitrogens with zero attached hydrogens (tertiary/aromatic N) is 1. The minimum Gasteiger partial charge on any atom is -0.363 e. The van der Waals surface area contributed by atoms with Gasteiger partial charge in [0, 0.05) is 25.4 Å². The maximum atomic E-state index is 5.35. The molecule has 14 heavy (non-hydrogen) atoms. The quantitative estimate of drug-likeness (QED) is 0.592. The molecule has 0 unspecified atom stereocenters. The second kappa shape index (κ2) is 7.35. The van der Waals surface area contributed by atoms with Gasteiger partial charge in [0.25, 0.3) is 0 Å². The molecule has 1 aliphatic heterocycles. The van der Waals surface area contributed by atoms with E-state index in [2.05, 4.69) is 17.1 Å². The van der Waals surface area contributed by atoms with E-state index in [1.54, 1.807) is 0 Å². The van der Waals surface area contributed by atoms with Crippen molar-refractivity contribution in [3.8, 4) is 0 Å². The Morgan fingerprint density at radius 3 is 3.07 bits per heavy atom. The lowest BCUT2D eigenvalue weighted by Gasteiger charge is -2.23. The standard InChI is InChI=1S/C10H20N2S2/c1-2-3-5-11-10(13)12-6-4-8-14-9-7-12/h2-9H2,1H3,(H,11,13). The van der Waals surface area contributed by atoms with Crippen molar-refractivity contribution >= 4 is 29.1 Å². The fourth-order valence-corrected chi connectivity index (χ4v) is 2.60. The molecule has 0 amide bonds. The Bertz CT molecular complexity index is 166. The Hall–Kier alpha value is 0.0400. The van der Waals surface area contributed by atoms with E-state index in [4.69, 9.17) is 12.2 Å². The second-order valence-electron chi connectivity index (χ2n) is 3.54. The number of hydrogen-bond acceptors (Lipinski definition) is 2. The van der Waals surface area contributed by atoms with Crippen LogP contribution < -0.4 is 5.32 Å². The van der Waals surface area contributed by atoms with E-state index in [1.165, 1.54) is 30.8 Å². The monoisotopic (exact) mass is 232 g/mol. The van der Waals surface area contributed by atoms with Crippen LogP contribution in [0.25, 0.3) is 0 Å². The highest BCUT2D eigenvalue weighted by atomic mass is 32.2. The first-order chi connectivity index (χ1) is 6.84. The second-order valence-corrected chi connectivity index (χ2v) is 5.15. The molecule has 0 aromatic carbocycles. The predicted octanol–water partition coefficient (Wildman–Crippen LogP) is 2.10. The van der Waals surface area contributed by atoms with Crippen molar-refractivity contribution in [1.82, 2.24) is 10.2 Å². The van der Waals surface area contributed by atoms with E-state index < -0.39 is 0 Å². The van der Waals surface area contributed by atoms with Crippen molar-refractivity contribution in [2.45, 2.75) is 26.2 Å². The van der Waals surface area contributed by atoms with E-state index in [0.29, 0.717) is 0 Å². The fraction of sp³-hybridized carbons (Fsp3) is 0.900. The molecule has 0 bridgehead atoms. The van der Waals surface area contributed by atoms with Gasteiger partial charge in [0.05, 0.1) is 0 Å². The van der Waals surface area contributed by atoms with Gasteiger partial charge in [-0.05, 0) is 30.8 Å². The summed E-state index contributed by atoms with van der Waals surface area (Å²) in [4.78, 5) is 2.31. The summed E-state index contributed by atoms with van der Waals surface area (Å²) in [7, 11) is 0. The van der Waals surface area contributed by atoms with Crippen LogP contribution in [0, 0.1) is 0 Å². The lowest BCUT2D eigenvalue weighted by Crippen LogP contribution is -2.41. The lowest BCUT2D eigenvalue weighted by molar-refractivity contribution is 0.441. The van der Waals surface area contributed by atoms with Crippen LogP contribution in [0.1, 0.15) is 26.2 Å². The Kier molecular flexibility index (Phi) is 6.36. The van der Waals surface area contributed by atoms with Crippen LogP contribution in [0.2, 0.25) is 0 Å². The maximum absolute atomic E-state index is 5.35. The van der Waals surface area contributed by atoms with Gasteiger partial charge < -0.3 is 10.2 Å². The van der Waals surface area contributed by atoms with Crippen molar-refractivity contribution in [2.24, 2.45) is 0 Å². The first kappa shape index (κ1) is 12.1. The molecule has 1 fully saturated rings. The van der Waals surface area contributed by atoms with Gasteiger partial charge >= 0.3 is 0 Å². The first-order valence-corrected chi connectivity index (χ1v) is 7.01. The maximum Gasteiger partial charge on any atom is 0.168 e. The van der Waals surface area contributed by atoms with Crippen LogP contribution in [0.15, 0.2) is 0 Å². The average Bonchev–Trinajstić information content (AvgIpc) is 2.46. The van der Waals surface area contributed by atoms with Crippen molar-refractivity contribution in [1.29, 1.82) is 0 Å². The lowest BCUT2D eigenvalue weighted by atomic mass is 10.3. The highest BCUT2D eigenvalue weighted by Gasteiger charge is 2.11. The number of thioether (sulfide) groups is 1. The molecule has 0 aromatic rings. The molecule has 1 rings (SSSR count). The summed E-state index contributed by atoms with van der Waals surface area (Å²) in [6.45, 7) is 5.47. The molecule has 0 spiro atoms. The van der Waals surface area contributed by atoms with Crippen molar-refractivity contribution < 1.29 is 0 Å². The Morgan fingerprint density at radius 1 is 1.43 bits per heavy atom. The summed E-state index contributed by atoms with van der Waals surface area (Å²) in [5.41, 5.74) is 0. The van der Waals surface area contributed by atoms with Crippen molar-refractivity contribution in [2.75, 3.05) is 31.1 Å². The van der Waals surface area contributed by atoms with Crippen LogP contribution >= 0.6 is 24.0 Å². The van der Waals surface area contributed by atoms with Crippen LogP contribution in [-0.4, -0.2) is 41.2 Å². The Labute approximate surface area is 96.8 Å². The zero-order valence-electron chi connectivity index (χ0n) is 8.92. The van der Waals surface area contributed by atoms with Gasteiger partial charge in [-0.1, -0.05) is 13.3 Å². The summed E-state index contributed by atoms with van der Waals surface area (Å²) >= 11 is 7.39. The molecule has 0 aromatic heterocycles. The predicted molar refractivity (Wildman–Crippen MR) is 69.0 cm³/mol. The number of hydrogen-bond donors (Lipinski definition) is 1. The molecule has 2 nitrogen and oxygen atoms in total. The van der Waals surface area contributed by atoms with E-state index in [-0.39, 0.29) is 0 Å². The molecule has 1 aliphatic rings. The van der Waals surface area contributed by atoms with Crippen molar-refractivity contribution in [3.05, 3.63) is 0 Å². The molecular formula is C10H20N2S2. The summed E-state index contributed by atoms with van der Waals surface area (Å²) < 4.78 is 0. The number of nitrogens with one attached hydrogen (secondary N) is 1. The zero-order valence-corrected chi connectivity index (χ0v) is 10.6. The van der Waals surface area contributed by atoms with E-state index in [1.807, 2.05) is 11.8 Å². The fourth-order valence-electron chi connectivity index (χ4n) is 1.43. The molecule has 0 atom stereocenters. The molecule has 0 saturated carbocycles. The highest BCUT2D eigenvalue weighted by molar-refractivity contribution is 7.99. The normalized spacial score (nSPS) is 17.6. The summed E-state index contributed by atoms with van der Waals surface area (Å²) in [6.07, 6.45) is 3.70. The molecule has 1 N–H and O–H groups in total. The smallest absolute Gasteiger partial charge is 0.168 e. The third kappa shape index (κ3) is 4.51. The number of thiocarbonyl (C=S) groups is 1. The van der Waals surface area contributed by atoms with Crippen LogP contribution in [0.4, 0.5) is 0 Å². The topological polar surface area (TPSA) is 15.3 Å². The molecular weight excluding hydrogens is 212 g/mol. The van der Waals surface area contributed by atoms with Gasteiger partial charge in [-0.25, -0.2) is 0 Å². The van der Waals surface area contributed by atoms with E-state index in [9.17, 15) is 0 Å². The molecule has 1 heterocycles. The molecule has 4 heteroatoms. The van der Waals surface area contributed by atoms with Gasteiger partial charge in [-0.3, -0.25) is 0 Å². The zero-order chi connectivity index (χ0) is 10.2. The minimum absolute atomic E-state index is 0.959. The summed E-state index contributed by atoms with van der Waals surface area (Å²) in [6, 6.07) is 0. The highest BCUT2D eigenvalue weighted by Crippen LogP contribution is 2.09. The average molecular weight is 232 g/mol. The Balaban J connectivity index is 2.20. The van der Waals surface area contributed by atoms with Crippen LogP contribution in [-0.2, 0) is 0 Å². The molecule has 1 saturated heterocycles. The molecule has 82 valence electrons. The van der Waals surface area contributed by atoms with Gasteiger partial charge in [0.1, 0.15) is 0 Å². The van der Waals surface area contributed by atoms with Crippen LogP contribution in [0.5, 0.6) is 0 Å². The minimum atomic E-state index is 0.959. The van der Waals surface area contributed by atoms with Gasteiger partial charge in [0.15, 0.2) is 5.11 Å². The third-order valence-corrected chi connectivity index (χ3v) is 3.77. The summed E-state index contributed by atoms with van der Waals surface area (Å²) in [5, 5.41) is 4.29. The first-order valence-electron chi connectivity index (χ1n) is 5.45. The van der Waals surface area contributed by atoms with Crippen molar-refractivity contribution in [3.63, 3.8) is 0 Å². The van der Waals surface area contributed by atoms with Crippen LogP contribution in [0.3, 0.4) is 0 Å². The van der Waals surface area contributed by atoms with Gasteiger partial charge in [0.2, 0.25) is 0 Å². The molecule has 0 aliphatic carbocycles. The van der Waals surface area contributed by atoms with E-state index in [0.717, 1.165) is 24.7 Å². The van der Waals surface area contributed by atoms with Gasteiger partial charge in [-0.2, -0.15) is 11.8 Å². The number of rotatable bonds is 3. The third-order valence-electron chi connectivity index (χ3n) is 2.32. The molecule has 0 radical (unpaired) electrons. The Morgan fingerprint density at radius 2 is 2.29 bits per heavy atom. The van der Waals surface area contributed by atoms with E-state index >= 15 is 0 Å². The summed E-state index contributed by atoms with van der Waals surface area (Å²) in [5.74, 6) is 2.50. The SMILES string of the molecule is CCCCNC(=S)N1CCCSCC1. The largest absolute Gasteiger partial charge is 0.363 e.